The number of likely N-dealkylation sites (N-methyl/N-ethyl adjacent to an activating group) is 1. The predicted octanol–water partition coefficient (Wildman–Crippen LogP) is 3.39. The van der Waals surface area contributed by atoms with Crippen LogP contribution in [0.2, 0.25) is 0 Å². The summed E-state index contributed by atoms with van der Waals surface area (Å²) in [4.78, 5) is 34.4. The van der Waals surface area contributed by atoms with E-state index in [0.29, 0.717) is 18.7 Å². The second kappa shape index (κ2) is 6.16. The number of benzene rings is 2. The fourth-order valence-corrected chi connectivity index (χ4v) is 4.82. The minimum absolute atomic E-state index is 0.0179. The molecule has 0 saturated carbocycles. The number of amides is 2. The Hall–Kier alpha value is -3.21. The molecule has 5 rings (SSSR count). The van der Waals surface area contributed by atoms with E-state index in [-0.39, 0.29) is 11.8 Å². The molecule has 0 bridgehead atoms. The molecule has 3 aromatic rings. The molecule has 1 atom stereocenters. The molecule has 3 heterocycles. The molecule has 1 aromatic heterocycles. The highest BCUT2D eigenvalue weighted by Gasteiger charge is 2.52. The van der Waals surface area contributed by atoms with E-state index in [1.54, 1.807) is 17.3 Å². The van der Waals surface area contributed by atoms with Crippen molar-refractivity contribution >= 4 is 28.3 Å². The van der Waals surface area contributed by atoms with Crippen LogP contribution in [0.1, 0.15) is 28.8 Å². The molecule has 140 valence electrons. The van der Waals surface area contributed by atoms with Crippen molar-refractivity contribution in [3.63, 3.8) is 0 Å². The normalized spacial score (nSPS) is 21.4. The minimum atomic E-state index is -0.634. The van der Waals surface area contributed by atoms with Crippen molar-refractivity contribution in [2.24, 2.45) is 0 Å². The van der Waals surface area contributed by atoms with Crippen LogP contribution in [0.4, 0.5) is 5.69 Å². The molecule has 1 spiro atoms. The van der Waals surface area contributed by atoms with Gasteiger partial charge in [0.15, 0.2) is 0 Å². The SMILES string of the molecule is CN1C(=O)[C@]2(CCCN(C(=O)c3cccc4cnccc34)C2)c2ccccc21. The molecule has 2 amide bonds. The van der Waals surface area contributed by atoms with E-state index in [9.17, 15) is 9.59 Å². The number of rotatable bonds is 1. The first-order valence-corrected chi connectivity index (χ1v) is 9.61. The highest BCUT2D eigenvalue weighted by molar-refractivity contribution is 6.10. The summed E-state index contributed by atoms with van der Waals surface area (Å²) in [6, 6.07) is 15.6. The Balaban J connectivity index is 1.55. The van der Waals surface area contributed by atoms with Crippen LogP contribution in [0.15, 0.2) is 60.9 Å². The average Bonchev–Trinajstić information content (AvgIpc) is 2.95. The highest BCUT2D eigenvalue weighted by atomic mass is 16.2. The van der Waals surface area contributed by atoms with Crippen molar-refractivity contribution in [2.45, 2.75) is 18.3 Å². The van der Waals surface area contributed by atoms with Gasteiger partial charge in [0.1, 0.15) is 0 Å². The monoisotopic (exact) mass is 371 g/mol. The Morgan fingerprint density at radius 1 is 1.11 bits per heavy atom. The maximum Gasteiger partial charge on any atom is 0.254 e. The van der Waals surface area contributed by atoms with Gasteiger partial charge in [-0.25, -0.2) is 0 Å². The van der Waals surface area contributed by atoms with E-state index >= 15 is 0 Å². The number of carbonyl (C=O) groups excluding carboxylic acids is 2. The molecule has 0 N–H and O–H groups in total. The highest BCUT2D eigenvalue weighted by Crippen LogP contribution is 2.46. The number of hydrogen-bond donors (Lipinski definition) is 0. The Kier molecular flexibility index (Phi) is 3.72. The number of para-hydroxylation sites is 1. The van der Waals surface area contributed by atoms with E-state index < -0.39 is 5.41 Å². The Labute approximate surface area is 163 Å². The van der Waals surface area contributed by atoms with Gasteiger partial charge in [0.05, 0.1) is 5.41 Å². The Bertz CT molecular complexity index is 1100. The molecule has 2 aromatic carbocycles. The van der Waals surface area contributed by atoms with Crippen molar-refractivity contribution in [3.05, 3.63) is 72.1 Å². The first-order valence-electron chi connectivity index (χ1n) is 9.61. The maximum absolute atomic E-state index is 13.4. The Morgan fingerprint density at radius 3 is 2.86 bits per heavy atom. The fraction of sp³-hybridized carbons (Fsp3) is 0.261. The summed E-state index contributed by atoms with van der Waals surface area (Å²) in [5.74, 6) is 0.0732. The minimum Gasteiger partial charge on any atom is -0.337 e. The average molecular weight is 371 g/mol. The van der Waals surface area contributed by atoms with E-state index in [1.165, 1.54) is 0 Å². The number of carbonyl (C=O) groups is 2. The lowest BCUT2D eigenvalue weighted by molar-refractivity contribution is -0.124. The van der Waals surface area contributed by atoms with Gasteiger partial charge >= 0.3 is 0 Å². The summed E-state index contributed by atoms with van der Waals surface area (Å²) in [6.07, 6.45) is 5.07. The molecule has 2 aliphatic rings. The predicted molar refractivity (Wildman–Crippen MR) is 108 cm³/mol. The van der Waals surface area contributed by atoms with Gasteiger partial charge in [-0.05, 0) is 42.0 Å². The zero-order valence-electron chi connectivity index (χ0n) is 15.8. The summed E-state index contributed by atoms with van der Waals surface area (Å²) in [5, 5.41) is 1.85. The van der Waals surface area contributed by atoms with Gasteiger partial charge in [-0.3, -0.25) is 14.6 Å². The molecule has 5 heteroatoms. The summed E-state index contributed by atoms with van der Waals surface area (Å²) in [7, 11) is 1.83. The maximum atomic E-state index is 13.4. The van der Waals surface area contributed by atoms with Crippen molar-refractivity contribution in [3.8, 4) is 0 Å². The van der Waals surface area contributed by atoms with Crippen LogP contribution < -0.4 is 4.90 Å². The van der Waals surface area contributed by atoms with Crippen LogP contribution in [0, 0.1) is 0 Å². The standard InChI is InChI=1S/C23H21N3O2/c1-25-20-9-3-2-8-19(20)23(22(25)28)11-5-13-26(15-23)21(27)18-7-4-6-16-14-24-12-10-17(16)18/h2-4,6-10,12,14H,5,11,13,15H2,1H3/t23-/m0/s1. The number of anilines is 1. The smallest absolute Gasteiger partial charge is 0.254 e. The third kappa shape index (κ3) is 2.29. The van der Waals surface area contributed by atoms with Gasteiger partial charge in [-0.2, -0.15) is 0 Å². The lowest BCUT2D eigenvalue weighted by Crippen LogP contribution is -2.53. The van der Waals surface area contributed by atoms with Gasteiger partial charge in [0.25, 0.3) is 5.91 Å². The van der Waals surface area contributed by atoms with Crippen molar-refractivity contribution in [2.75, 3.05) is 25.0 Å². The van der Waals surface area contributed by atoms with Crippen LogP contribution in [0.5, 0.6) is 0 Å². The number of hydrogen-bond acceptors (Lipinski definition) is 3. The van der Waals surface area contributed by atoms with Gasteiger partial charge in [-0.15, -0.1) is 0 Å². The summed E-state index contributed by atoms with van der Waals surface area (Å²) in [5.41, 5.74) is 2.04. The summed E-state index contributed by atoms with van der Waals surface area (Å²) in [6.45, 7) is 1.09. The van der Waals surface area contributed by atoms with E-state index in [1.807, 2.05) is 60.5 Å². The van der Waals surface area contributed by atoms with Crippen LogP contribution in [0.25, 0.3) is 10.8 Å². The van der Waals surface area contributed by atoms with Crippen LogP contribution in [-0.4, -0.2) is 41.8 Å². The topological polar surface area (TPSA) is 53.5 Å². The van der Waals surface area contributed by atoms with Gasteiger partial charge in [0.2, 0.25) is 5.91 Å². The molecular formula is C23H21N3O2. The third-order valence-electron chi connectivity index (χ3n) is 6.19. The van der Waals surface area contributed by atoms with E-state index in [4.69, 9.17) is 0 Å². The third-order valence-corrected chi connectivity index (χ3v) is 6.19. The summed E-state index contributed by atoms with van der Waals surface area (Å²) < 4.78 is 0. The number of pyridine rings is 1. The molecule has 1 fully saturated rings. The molecule has 1 saturated heterocycles. The van der Waals surface area contributed by atoms with E-state index in [2.05, 4.69) is 4.98 Å². The van der Waals surface area contributed by atoms with Crippen molar-refractivity contribution in [1.29, 1.82) is 0 Å². The quantitative estimate of drug-likeness (QED) is 0.659. The molecule has 2 aliphatic heterocycles. The number of aromatic nitrogens is 1. The van der Waals surface area contributed by atoms with Crippen LogP contribution in [-0.2, 0) is 10.2 Å². The second-order valence-electron chi connectivity index (χ2n) is 7.70. The Morgan fingerprint density at radius 2 is 1.96 bits per heavy atom. The van der Waals surface area contributed by atoms with E-state index in [0.717, 1.165) is 34.9 Å². The van der Waals surface area contributed by atoms with Crippen molar-refractivity contribution < 1.29 is 9.59 Å². The lowest BCUT2D eigenvalue weighted by Gasteiger charge is -2.39. The number of nitrogens with zero attached hydrogens (tertiary/aromatic N) is 3. The first-order chi connectivity index (χ1) is 13.6. The van der Waals surface area contributed by atoms with Crippen LogP contribution in [0.3, 0.4) is 0 Å². The first kappa shape index (κ1) is 16.9. The molecule has 28 heavy (non-hydrogen) atoms. The number of fused-ring (bicyclic) bond motifs is 3. The zero-order chi connectivity index (χ0) is 19.3. The molecule has 0 unspecified atom stereocenters. The van der Waals surface area contributed by atoms with Crippen LogP contribution >= 0.6 is 0 Å². The molecule has 0 aliphatic carbocycles. The zero-order valence-corrected chi connectivity index (χ0v) is 15.8. The number of piperidine rings is 1. The summed E-state index contributed by atoms with van der Waals surface area (Å²) >= 11 is 0. The van der Waals surface area contributed by atoms with Gasteiger partial charge in [-0.1, -0.05) is 30.3 Å². The molecule has 0 radical (unpaired) electrons. The largest absolute Gasteiger partial charge is 0.337 e. The molecule has 5 nitrogen and oxygen atoms in total. The van der Waals surface area contributed by atoms with Gasteiger partial charge < -0.3 is 9.80 Å². The lowest BCUT2D eigenvalue weighted by atomic mass is 9.75. The number of likely N-dealkylation sites (tertiary alicyclic amines) is 1. The second-order valence-corrected chi connectivity index (χ2v) is 7.70. The van der Waals surface area contributed by atoms with Gasteiger partial charge in [0, 0.05) is 49.2 Å². The fourth-order valence-electron chi connectivity index (χ4n) is 4.82. The molecular weight excluding hydrogens is 350 g/mol. The van der Waals surface area contributed by atoms with Crippen molar-refractivity contribution in [1.82, 2.24) is 9.88 Å².